The van der Waals surface area contributed by atoms with E-state index in [4.69, 9.17) is 8.23 Å². The molecule has 4 nitrogen and oxygen atoms in total. The summed E-state index contributed by atoms with van der Waals surface area (Å²) in [6.07, 6.45) is 4.21. The molecule has 0 N–H and O–H groups in total. The fourth-order valence-corrected chi connectivity index (χ4v) is 16.4. The summed E-state index contributed by atoms with van der Waals surface area (Å²) >= 11 is 0. The molecule has 2 rings (SSSR count). The first kappa shape index (κ1) is 18.9. The first-order valence-corrected chi connectivity index (χ1v) is 17.8. The molecule has 130 valence electrons. The van der Waals surface area contributed by atoms with E-state index >= 15 is 0 Å². The Labute approximate surface area is 144 Å². The van der Waals surface area contributed by atoms with E-state index in [9.17, 15) is 0 Å². The van der Waals surface area contributed by atoms with Gasteiger partial charge in [0.05, 0.1) is 5.67 Å². The van der Waals surface area contributed by atoms with E-state index in [1.807, 2.05) is 12.3 Å². The average molecular weight is 369 g/mol. The highest BCUT2D eigenvalue weighted by Gasteiger charge is 2.51. The Bertz CT molecular complexity index is 498. The van der Waals surface area contributed by atoms with Gasteiger partial charge in [0.2, 0.25) is 0 Å². The van der Waals surface area contributed by atoms with Crippen LogP contribution in [-0.2, 0) is 8.23 Å². The van der Waals surface area contributed by atoms with Crippen LogP contribution in [0.3, 0.4) is 0 Å². The third kappa shape index (κ3) is 5.25. The molecule has 1 aromatic heterocycles. The standard InChI is InChI=1S/C16H32N2O2Si3/c1-21(2,3)19-23(7,20-22(4,5)6)16-12-10-14-18(16)15-11-8-9-13-17-15/h8-9,11,13,16H,10,12,14H2,1-7H3. The van der Waals surface area contributed by atoms with Crippen molar-refractivity contribution in [2.75, 3.05) is 11.4 Å². The molecule has 0 aliphatic carbocycles. The Morgan fingerprint density at radius 1 is 1.00 bits per heavy atom. The first-order chi connectivity index (χ1) is 10.5. The summed E-state index contributed by atoms with van der Waals surface area (Å²) in [5.41, 5.74) is 0.357. The maximum absolute atomic E-state index is 6.76. The van der Waals surface area contributed by atoms with Crippen molar-refractivity contribution in [3.05, 3.63) is 24.4 Å². The molecule has 0 aromatic carbocycles. The molecule has 23 heavy (non-hydrogen) atoms. The maximum atomic E-state index is 6.76. The third-order valence-electron chi connectivity index (χ3n) is 3.82. The Hall–Kier alpha value is -0.479. The predicted molar refractivity (Wildman–Crippen MR) is 105 cm³/mol. The highest BCUT2D eigenvalue weighted by molar-refractivity contribution is 6.88. The summed E-state index contributed by atoms with van der Waals surface area (Å²) in [5.74, 6) is 1.06. The van der Waals surface area contributed by atoms with Crippen molar-refractivity contribution in [2.24, 2.45) is 0 Å². The lowest BCUT2D eigenvalue weighted by atomic mass is 10.4. The van der Waals surface area contributed by atoms with Gasteiger partial charge >= 0.3 is 8.56 Å². The zero-order chi connectivity index (χ0) is 17.3. The molecule has 1 saturated heterocycles. The van der Waals surface area contributed by atoms with Gasteiger partial charge < -0.3 is 13.1 Å². The minimum Gasteiger partial charge on any atom is -0.435 e. The van der Waals surface area contributed by atoms with Crippen LogP contribution in [0.2, 0.25) is 45.8 Å². The van der Waals surface area contributed by atoms with Crippen LogP contribution in [0.4, 0.5) is 5.82 Å². The Morgan fingerprint density at radius 2 is 1.61 bits per heavy atom. The molecule has 1 aromatic rings. The van der Waals surface area contributed by atoms with Crippen LogP contribution in [0.5, 0.6) is 0 Å². The zero-order valence-electron chi connectivity index (χ0n) is 15.7. The van der Waals surface area contributed by atoms with Crippen LogP contribution in [0.25, 0.3) is 0 Å². The van der Waals surface area contributed by atoms with Crippen molar-refractivity contribution in [1.82, 2.24) is 4.98 Å². The van der Waals surface area contributed by atoms with Crippen LogP contribution in [0.15, 0.2) is 24.4 Å². The van der Waals surface area contributed by atoms with Crippen LogP contribution < -0.4 is 4.90 Å². The highest BCUT2D eigenvalue weighted by atomic mass is 28.5. The third-order valence-corrected chi connectivity index (χ3v) is 13.8. The molecule has 1 aliphatic rings. The molecule has 0 amide bonds. The van der Waals surface area contributed by atoms with Crippen LogP contribution in [0, 0.1) is 0 Å². The summed E-state index contributed by atoms with van der Waals surface area (Å²) in [6.45, 7) is 17.0. The molecule has 0 spiro atoms. The number of hydrogen-bond donors (Lipinski definition) is 0. The molecule has 2 heterocycles. The normalized spacial score (nSPS) is 20.1. The van der Waals surface area contributed by atoms with Gasteiger partial charge in [0.25, 0.3) is 0 Å². The number of anilines is 1. The lowest BCUT2D eigenvalue weighted by Gasteiger charge is -2.44. The minimum absolute atomic E-state index is 0.357. The lowest BCUT2D eigenvalue weighted by molar-refractivity contribution is 0.365. The Morgan fingerprint density at radius 3 is 2.09 bits per heavy atom. The van der Waals surface area contributed by atoms with E-state index < -0.39 is 25.2 Å². The van der Waals surface area contributed by atoms with Crippen molar-refractivity contribution >= 4 is 31.0 Å². The second kappa shape index (κ2) is 6.79. The van der Waals surface area contributed by atoms with Crippen molar-refractivity contribution in [2.45, 2.75) is 64.3 Å². The average Bonchev–Trinajstić information content (AvgIpc) is 2.85. The Balaban J connectivity index is 2.33. The molecule has 1 aliphatic heterocycles. The lowest BCUT2D eigenvalue weighted by Crippen LogP contribution is -2.63. The monoisotopic (exact) mass is 368 g/mol. The fourth-order valence-electron chi connectivity index (χ4n) is 3.48. The smallest absolute Gasteiger partial charge is 0.337 e. The van der Waals surface area contributed by atoms with Crippen molar-refractivity contribution < 1.29 is 8.23 Å². The van der Waals surface area contributed by atoms with E-state index in [1.54, 1.807) is 0 Å². The number of aromatic nitrogens is 1. The van der Waals surface area contributed by atoms with Gasteiger partial charge in [0.15, 0.2) is 16.6 Å². The fraction of sp³-hybridized carbons (Fsp3) is 0.688. The van der Waals surface area contributed by atoms with E-state index in [1.165, 1.54) is 6.42 Å². The van der Waals surface area contributed by atoms with Gasteiger partial charge in [0, 0.05) is 12.7 Å². The van der Waals surface area contributed by atoms with Gasteiger partial charge in [-0.05, 0) is 70.8 Å². The van der Waals surface area contributed by atoms with Crippen LogP contribution in [0.1, 0.15) is 12.8 Å². The van der Waals surface area contributed by atoms with Gasteiger partial charge in [0.1, 0.15) is 5.82 Å². The quantitative estimate of drug-likeness (QED) is 0.699. The number of rotatable bonds is 6. The molecule has 0 bridgehead atoms. The topological polar surface area (TPSA) is 34.6 Å². The molecular weight excluding hydrogens is 336 g/mol. The van der Waals surface area contributed by atoms with Gasteiger partial charge in [-0.25, -0.2) is 4.98 Å². The van der Waals surface area contributed by atoms with Gasteiger partial charge in [-0.3, -0.25) is 0 Å². The maximum Gasteiger partial charge on any atom is 0.337 e. The van der Waals surface area contributed by atoms with Gasteiger partial charge in [-0.1, -0.05) is 6.07 Å². The minimum atomic E-state index is -2.32. The van der Waals surface area contributed by atoms with E-state index in [-0.39, 0.29) is 0 Å². The molecule has 0 radical (unpaired) electrons. The summed E-state index contributed by atoms with van der Waals surface area (Å²) in [4.78, 5) is 7.01. The predicted octanol–water partition coefficient (Wildman–Crippen LogP) is 4.36. The largest absolute Gasteiger partial charge is 0.435 e. The molecule has 1 fully saturated rings. The number of pyridine rings is 1. The molecule has 7 heteroatoms. The van der Waals surface area contributed by atoms with Crippen LogP contribution in [-0.4, -0.2) is 42.4 Å². The van der Waals surface area contributed by atoms with E-state index in [0.29, 0.717) is 5.67 Å². The van der Waals surface area contributed by atoms with Crippen LogP contribution >= 0.6 is 0 Å². The first-order valence-electron chi connectivity index (χ1n) is 8.58. The summed E-state index contributed by atoms with van der Waals surface area (Å²) in [5, 5.41) is 0. The Kier molecular flexibility index (Phi) is 5.57. The number of nitrogens with zero attached hydrogens (tertiary/aromatic N) is 2. The van der Waals surface area contributed by atoms with E-state index in [0.717, 1.165) is 18.8 Å². The van der Waals surface area contributed by atoms with E-state index in [2.05, 4.69) is 67.8 Å². The molecule has 1 atom stereocenters. The summed E-state index contributed by atoms with van der Waals surface area (Å²) in [7, 11) is -5.68. The molecular formula is C16H32N2O2Si3. The van der Waals surface area contributed by atoms with Gasteiger partial charge in [-0.2, -0.15) is 0 Å². The zero-order valence-corrected chi connectivity index (χ0v) is 18.7. The highest BCUT2D eigenvalue weighted by Crippen LogP contribution is 2.34. The molecule has 1 unspecified atom stereocenters. The second-order valence-electron chi connectivity index (χ2n) is 8.48. The van der Waals surface area contributed by atoms with Crippen molar-refractivity contribution in [1.29, 1.82) is 0 Å². The van der Waals surface area contributed by atoms with Crippen molar-refractivity contribution in [3.63, 3.8) is 0 Å². The summed E-state index contributed by atoms with van der Waals surface area (Å²) in [6, 6.07) is 6.15. The molecule has 0 saturated carbocycles. The second-order valence-corrected chi connectivity index (χ2v) is 21.3. The SMILES string of the molecule is C[Si](C)(C)O[Si](C)(O[Si](C)(C)C)C1CCCN1c1ccccn1. The summed E-state index contributed by atoms with van der Waals surface area (Å²) < 4.78 is 13.5. The van der Waals surface area contributed by atoms with Gasteiger partial charge in [-0.15, -0.1) is 0 Å². The van der Waals surface area contributed by atoms with Crippen molar-refractivity contribution in [3.8, 4) is 0 Å². The number of hydrogen-bond acceptors (Lipinski definition) is 4.